The average molecular weight is 313 g/mol. The Morgan fingerprint density at radius 3 is 2.74 bits per heavy atom. The molecule has 2 aromatic heterocycles. The van der Waals surface area contributed by atoms with Crippen molar-refractivity contribution in [2.45, 2.75) is 18.9 Å². The van der Waals surface area contributed by atoms with Crippen LogP contribution in [-0.2, 0) is 4.79 Å². The number of carbonyl (C=O) groups is 2. The highest BCUT2D eigenvalue weighted by Crippen LogP contribution is 2.12. The van der Waals surface area contributed by atoms with Gasteiger partial charge in [-0.2, -0.15) is 0 Å². The van der Waals surface area contributed by atoms with E-state index in [0.29, 0.717) is 24.5 Å². The molecule has 0 radical (unpaired) electrons. The lowest BCUT2D eigenvalue weighted by Crippen LogP contribution is -2.46. The Bertz CT molecular complexity index is 666. The zero-order chi connectivity index (χ0) is 16.1. The van der Waals surface area contributed by atoms with Crippen LogP contribution in [-0.4, -0.2) is 40.8 Å². The molecule has 0 aliphatic carbocycles. The molecule has 1 aliphatic rings. The molecule has 0 spiro atoms. The molecule has 120 valence electrons. The Labute approximate surface area is 134 Å². The lowest BCUT2D eigenvalue weighted by atomic mass is 10.0. The smallest absolute Gasteiger partial charge is 0.267 e. The van der Waals surface area contributed by atoms with E-state index in [4.69, 9.17) is 4.42 Å². The predicted molar refractivity (Wildman–Crippen MR) is 85.6 cm³/mol. The number of aromatic amines is 1. The first-order valence-corrected chi connectivity index (χ1v) is 7.67. The SMILES string of the molecule is O=C(NC1CCN(C(=O)/C=C/c2ccco2)CC1)c1ccc[nH]1. The minimum atomic E-state index is -0.0995. The van der Waals surface area contributed by atoms with Crippen LogP contribution in [0.2, 0.25) is 0 Å². The van der Waals surface area contributed by atoms with Crippen LogP contribution < -0.4 is 5.32 Å². The van der Waals surface area contributed by atoms with Gasteiger partial charge in [0.05, 0.1) is 6.26 Å². The van der Waals surface area contributed by atoms with Crippen LogP contribution in [0, 0.1) is 0 Å². The van der Waals surface area contributed by atoms with Gasteiger partial charge in [-0.3, -0.25) is 9.59 Å². The Morgan fingerprint density at radius 1 is 1.26 bits per heavy atom. The van der Waals surface area contributed by atoms with Crippen LogP contribution >= 0.6 is 0 Å². The fraction of sp³-hybridized carbons (Fsp3) is 0.294. The topological polar surface area (TPSA) is 78.3 Å². The average Bonchev–Trinajstić information content (AvgIpc) is 3.26. The highest BCUT2D eigenvalue weighted by molar-refractivity contribution is 5.93. The molecule has 0 unspecified atom stereocenters. The highest BCUT2D eigenvalue weighted by Gasteiger charge is 2.23. The largest absolute Gasteiger partial charge is 0.465 e. The summed E-state index contributed by atoms with van der Waals surface area (Å²) < 4.78 is 5.16. The zero-order valence-corrected chi connectivity index (χ0v) is 12.7. The number of carbonyl (C=O) groups excluding carboxylic acids is 2. The maximum absolute atomic E-state index is 12.1. The number of piperidine rings is 1. The Balaban J connectivity index is 1.46. The van der Waals surface area contributed by atoms with E-state index in [1.807, 2.05) is 0 Å². The number of likely N-dealkylation sites (tertiary alicyclic amines) is 1. The molecule has 0 aromatic carbocycles. The number of nitrogens with zero attached hydrogens (tertiary/aromatic N) is 1. The van der Waals surface area contributed by atoms with Gasteiger partial charge in [-0.05, 0) is 43.2 Å². The van der Waals surface area contributed by atoms with Crippen LogP contribution in [0.4, 0.5) is 0 Å². The van der Waals surface area contributed by atoms with Crippen LogP contribution in [0.1, 0.15) is 29.1 Å². The molecule has 2 aromatic rings. The molecule has 0 atom stereocenters. The van der Waals surface area contributed by atoms with Gasteiger partial charge in [-0.25, -0.2) is 0 Å². The number of aromatic nitrogens is 1. The predicted octanol–water partition coefficient (Wildman–Crippen LogP) is 2.04. The van der Waals surface area contributed by atoms with Crippen molar-refractivity contribution in [2.75, 3.05) is 13.1 Å². The fourth-order valence-electron chi connectivity index (χ4n) is 2.62. The molecule has 1 aliphatic heterocycles. The van der Waals surface area contributed by atoms with E-state index >= 15 is 0 Å². The summed E-state index contributed by atoms with van der Waals surface area (Å²) in [5.74, 6) is 0.527. The summed E-state index contributed by atoms with van der Waals surface area (Å²) in [5.41, 5.74) is 0.560. The van der Waals surface area contributed by atoms with Gasteiger partial charge in [0.1, 0.15) is 11.5 Å². The van der Waals surface area contributed by atoms with Gasteiger partial charge in [-0.1, -0.05) is 0 Å². The Morgan fingerprint density at radius 2 is 2.09 bits per heavy atom. The molecule has 23 heavy (non-hydrogen) atoms. The van der Waals surface area contributed by atoms with Crippen molar-refractivity contribution >= 4 is 17.9 Å². The fourth-order valence-corrected chi connectivity index (χ4v) is 2.62. The summed E-state index contributed by atoms with van der Waals surface area (Å²) in [6, 6.07) is 7.22. The number of nitrogens with one attached hydrogen (secondary N) is 2. The molecule has 3 heterocycles. The summed E-state index contributed by atoms with van der Waals surface area (Å²) >= 11 is 0. The van der Waals surface area contributed by atoms with E-state index in [2.05, 4.69) is 10.3 Å². The highest BCUT2D eigenvalue weighted by atomic mass is 16.3. The van der Waals surface area contributed by atoms with Crippen molar-refractivity contribution in [3.8, 4) is 0 Å². The van der Waals surface area contributed by atoms with Crippen molar-refractivity contribution in [1.29, 1.82) is 0 Å². The quantitative estimate of drug-likeness (QED) is 0.848. The Kier molecular flexibility index (Phi) is 4.61. The summed E-state index contributed by atoms with van der Waals surface area (Å²) in [6.45, 7) is 1.27. The van der Waals surface area contributed by atoms with Gasteiger partial charge < -0.3 is 19.6 Å². The van der Waals surface area contributed by atoms with E-state index in [-0.39, 0.29) is 17.9 Å². The number of H-pyrrole nitrogens is 1. The summed E-state index contributed by atoms with van der Waals surface area (Å²) in [7, 11) is 0. The van der Waals surface area contributed by atoms with Gasteiger partial charge in [0.2, 0.25) is 5.91 Å². The van der Waals surface area contributed by atoms with Crippen LogP contribution in [0.3, 0.4) is 0 Å². The minimum absolute atomic E-state index is 0.0319. The van der Waals surface area contributed by atoms with Gasteiger partial charge in [0.15, 0.2) is 0 Å². The second-order valence-electron chi connectivity index (χ2n) is 5.51. The third kappa shape index (κ3) is 3.91. The molecule has 6 nitrogen and oxygen atoms in total. The zero-order valence-electron chi connectivity index (χ0n) is 12.7. The molecule has 1 saturated heterocycles. The van der Waals surface area contributed by atoms with E-state index in [0.717, 1.165) is 12.8 Å². The van der Waals surface area contributed by atoms with Crippen LogP contribution in [0.25, 0.3) is 6.08 Å². The summed E-state index contributed by atoms with van der Waals surface area (Å²) in [5, 5.41) is 2.99. The number of hydrogen-bond acceptors (Lipinski definition) is 3. The van der Waals surface area contributed by atoms with Crippen molar-refractivity contribution in [1.82, 2.24) is 15.2 Å². The number of rotatable bonds is 4. The third-order valence-electron chi connectivity index (χ3n) is 3.92. The monoisotopic (exact) mass is 313 g/mol. The lowest BCUT2D eigenvalue weighted by Gasteiger charge is -2.31. The molecule has 1 fully saturated rings. The van der Waals surface area contributed by atoms with Gasteiger partial charge in [0.25, 0.3) is 5.91 Å². The Hall–Kier alpha value is -2.76. The third-order valence-corrected chi connectivity index (χ3v) is 3.92. The van der Waals surface area contributed by atoms with Crippen molar-refractivity contribution in [3.63, 3.8) is 0 Å². The lowest BCUT2D eigenvalue weighted by molar-refractivity contribution is -0.127. The molecule has 0 saturated carbocycles. The van der Waals surface area contributed by atoms with E-state index in [1.165, 1.54) is 6.08 Å². The minimum Gasteiger partial charge on any atom is -0.465 e. The summed E-state index contributed by atoms with van der Waals surface area (Å²) in [6.07, 6.45) is 8.00. The number of hydrogen-bond donors (Lipinski definition) is 2. The van der Waals surface area contributed by atoms with Crippen molar-refractivity contribution < 1.29 is 14.0 Å². The first-order chi connectivity index (χ1) is 11.2. The van der Waals surface area contributed by atoms with Gasteiger partial charge >= 0.3 is 0 Å². The number of furan rings is 1. The number of amides is 2. The summed E-state index contributed by atoms with van der Waals surface area (Å²) in [4.78, 5) is 28.8. The molecule has 6 heteroatoms. The van der Waals surface area contributed by atoms with Gasteiger partial charge in [0, 0.05) is 31.4 Å². The first-order valence-electron chi connectivity index (χ1n) is 7.67. The second kappa shape index (κ2) is 7.00. The molecule has 0 bridgehead atoms. The van der Waals surface area contributed by atoms with E-state index in [1.54, 1.807) is 47.7 Å². The van der Waals surface area contributed by atoms with E-state index < -0.39 is 0 Å². The maximum atomic E-state index is 12.1. The van der Waals surface area contributed by atoms with Crippen LogP contribution in [0.5, 0.6) is 0 Å². The molecular formula is C17H19N3O3. The van der Waals surface area contributed by atoms with Crippen molar-refractivity contribution in [3.05, 3.63) is 54.3 Å². The molecule has 2 amide bonds. The maximum Gasteiger partial charge on any atom is 0.267 e. The van der Waals surface area contributed by atoms with Gasteiger partial charge in [-0.15, -0.1) is 0 Å². The standard InChI is InChI=1S/C17H19N3O3/c21-16(6-5-14-3-2-12-23-14)20-10-7-13(8-11-20)19-17(22)15-4-1-9-18-15/h1-6,9,12-13,18H,7-8,10-11H2,(H,19,22)/b6-5+. The van der Waals surface area contributed by atoms with Crippen LogP contribution in [0.15, 0.2) is 47.2 Å². The second-order valence-corrected chi connectivity index (χ2v) is 5.51. The normalized spacial score (nSPS) is 15.9. The first kappa shape index (κ1) is 15.1. The molecule has 2 N–H and O–H groups in total. The molecular weight excluding hydrogens is 294 g/mol. The van der Waals surface area contributed by atoms with E-state index in [9.17, 15) is 9.59 Å². The van der Waals surface area contributed by atoms with Crippen molar-refractivity contribution in [2.24, 2.45) is 0 Å². The molecule has 3 rings (SSSR count).